The lowest BCUT2D eigenvalue weighted by Crippen LogP contribution is -2.38. The van der Waals surface area contributed by atoms with Crippen LogP contribution in [-0.4, -0.2) is 36.2 Å². The van der Waals surface area contributed by atoms with Gasteiger partial charge in [0.1, 0.15) is 5.82 Å². The summed E-state index contributed by atoms with van der Waals surface area (Å²) >= 11 is 0. The number of piperidine rings is 1. The third-order valence-corrected chi connectivity index (χ3v) is 5.64. The lowest BCUT2D eigenvalue weighted by Gasteiger charge is -2.31. The van der Waals surface area contributed by atoms with E-state index in [0.29, 0.717) is 18.9 Å². The van der Waals surface area contributed by atoms with Crippen molar-refractivity contribution in [2.45, 2.75) is 39.5 Å². The smallest absolute Gasteiger partial charge is 0.225 e. The van der Waals surface area contributed by atoms with E-state index in [1.165, 1.54) is 11.6 Å². The first kappa shape index (κ1) is 22.2. The molecule has 2 aromatic rings. The number of benzene rings is 2. The van der Waals surface area contributed by atoms with Crippen LogP contribution < -0.4 is 5.32 Å². The number of rotatable bonds is 8. The van der Waals surface area contributed by atoms with Crippen molar-refractivity contribution < 1.29 is 14.0 Å². The molecule has 160 valence electrons. The lowest BCUT2D eigenvalue weighted by atomic mass is 9.88. The Morgan fingerprint density at radius 3 is 2.37 bits per heavy atom. The molecular formula is C25H31FN2O2. The number of carbonyl (C=O) groups is 2. The maximum Gasteiger partial charge on any atom is 0.225 e. The average molecular weight is 411 g/mol. The number of nitrogens with zero attached hydrogens (tertiary/aromatic N) is 1. The summed E-state index contributed by atoms with van der Waals surface area (Å²) < 4.78 is 13.6. The number of ketones is 1. The fourth-order valence-electron chi connectivity index (χ4n) is 3.97. The van der Waals surface area contributed by atoms with Crippen LogP contribution in [0.5, 0.6) is 0 Å². The van der Waals surface area contributed by atoms with Gasteiger partial charge in [0.2, 0.25) is 5.91 Å². The molecule has 0 atom stereocenters. The zero-order valence-electron chi connectivity index (χ0n) is 17.9. The molecule has 1 fully saturated rings. The second-order valence-electron chi connectivity index (χ2n) is 8.55. The molecule has 0 radical (unpaired) electrons. The molecule has 1 saturated heterocycles. The normalized spacial score (nSPS) is 15.3. The summed E-state index contributed by atoms with van der Waals surface area (Å²) in [6.07, 6.45) is 2.95. The molecule has 0 bridgehead atoms. The van der Waals surface area contributed by atoms with Gasteiger partial charge in [-0.05, 0) is 56.0 Å². The van der Waals surface area contributed by atoms with Crippen LogP contribution in [0.4, 0.5) is 10.1 Å². The number of halogens is 1. The first-order valence-electron chi connectivity index (χ1n) is 10.8. The van der Waals surface area contributed by atoms with Crippen LogP contribution in [0, 0.1) is 17.7 Å². The molecule has 1 N–H and O–H groups in total. The molecule has 5 heteroatoms. The van der Waals surface area contributed by atoms with Crippen LogP contribution in [0.1, 0.15) is 49.0 Å². The minimum Gasteiger partial charge on any atom is -0.324 e. The van der Waals surface area contributed by atoms with Gasteiger partial charge in [-0.15, -0.1) is 0 Å². The molecule has 0 aromatic heterocycles. The molecule has 1 aliphatic rings. The number of likely N-dealkylation sites (tertiary alicyclic amines) is 1. The van der Waals surface area contributed by atoms with Gasteiger partial charge in [0.15, 0.2) is 5.78 Å². The van der Waals surface area contributed by atoms with Crippen LogP contribution in [0.3, 0.4) is 0 Å². The molecule has 0 aliphatic carbocycles. The standard InChI is InChI=1S/C25H31FN2O2/c1-18(2)17-19-7-9-20(10-8-19)25(30)21-11-14-28(15-12-21)16-13-24(29)27-23-6-4-3-5-22(23)26/h3-10,18,21H,11-17H2,1-2H3,(H,27,29). The number of Topliss-reactive ketones (excluding diaryl/α,β-unsaturated/α-hetero) is 1. The van der Waals surface area contributed by atoms with Gasteiger partial charge < -0.3 is 10.2 Å². The molecule has 1 amide bonds. The molecule has 3 rings (SSSR count). The Kier molecular flexibility index (Phi) is 7.75. The summed E-state index contributed by atoms with van der Waals surface area (Å²) in [7, 11) is 0. The molecule has 30 heavy (non-hydrogen) atoms. The van der Waals surface area contributed by atoms with Crippen molar-refractivity contribution in [3.8, 4) is 0 Å². The first-order valence-corrected chi connectivity index (χ1v) is 10.8. The van der Waals surface area contributed by atoms with Gasteiger partial charge in [-0.1, -0.05) is 50.2 Å². The van der Waals surface area contributed by atoms with Crippen molar-refractivity contribution in [1.82, 2.24) is 4.90 Å². The van der Waals surface area contributed by atoms with Gasteiger partial charge in [-0.3, -0.25) is 9.59 Å². The van der Waals surface area contributed by atoms with Crippen LogP contribution >= 0.6 is 0 Å². The van der Waals surface area contributed by atoms with Gasteiger partial charge in [0, 0.05) is 24.4 Å². The van der Waals surface area contributed by atoms with Crippen LogP contribution in [-0.2, 0) is 11.2 Å². The van der Waals surface area contributed by atoms with Crippen molar-refractivity contribution in [2.75, 3.05) is 25.0 Å². The summed E-state index contributed by atoms with van der Waals surface area (Å²) in [5.74, 6) is 0.249. The fraction of sp³-hybridized carbons (Fsp3) is 0.440. The molecule has 0 spiro atoms. The minimum atomic E-state index is -0.428. The maximum atomic E-state index is 13.6. The Morgan fingerprint density at radius 2 is 1.73 bits per heavy atom. The minimum absolute atomic E-state index is 0.0458. The van der Waals surface area contributed by atoms with E-state index in [4.69, 9.17) is 0 Å². The molecule has 2 aromatic carbocycles. The molecule has 1 heterocycles. The Hall–Kier alpha value is -2.53. The monoisotopic (exact) mass is 410 g/mol. The number of hydrogen-bond donors (Lipinski definition) is 1. The zero-order valence-corrected chi connectivity index (χ0v) is 17.9. The lowest BCUT2D eigenvalue weighted by molar-refractivity contribution is -0.116. The van der Waals surface area contributed by atoms with Crippen LogP contribution in [0.2, 0.25) is 0 Å². The summed E-state index contributed by atoms with van der Waals surface area (Å²) in [4.78, 5) is 27.1. The molecule has 4 nitrogen and oxygen atoms in total. The highest BCUT2D eigenvalue weighted by atomic mass is 19.1. The maximum absolute atomic E-state index is 13.6. The van der Waals surface area contributed by atoms with Crippen LogP contribution in [0.15, 0.2) is 48.5 Å². The third-order valence-electron chi connectivity index (χ3n) is 5.64. The fourth-order valence-corrected chi connectivity index (χ4v) is 3.97. The van der Waals surface area contributed by atoms with Gasteiger partial charge in [0.25, 0.3) is 0 Å². The van der Waals surface area contributed by atoms with Gasteiger partial charge in [-0.25, -0.2) is 4.39 Å². The molecular weight excluding hydrogens is 379 g/mol. The van der Waals surface area contributed by atoms with E-state index >= 15 is 0 Å². The average Bonchev–Trinajstić information content (AvgIpc) is 2.74. The molecule has 1 aliphatic heterocycles. The molecule has 0 unspecified atom stereocenters. The predicted molar refractivity (Wildman–Crippen MR) is 118 cm³/mol. The van der Waals surface area contributed by atoms with Gasteiger partial charge >= 0.3 is 0 Å². The van der Waals surface area contributed by atoms with Crippen molar-refractivity contribution >= 4 is 17.4 Å². The van der Waals surface area contributed by atoms with Crippen molar-refractivity contribution in [3.63, 3.8) is 0 Å². The Labute approximate surface area is 178 Å². The zero-order chi connectivity index (χ0) is 21.5. The summed E-state index contributed by atoms with van der Waals surface area (Å²) in [5, 5.41) is 2.62. The first-order chi connectivity index (χ1) is 14.4. The highest BCUT2D eigenvalue weighted by Gasteiger charge is 2.26. The Balaban J connectivity index is 1.42. The summed E-state index contributed by atoms with van der Waals surface area (Å²) in [6.45, 7) is 6.60. The number of para-hydroxylation sites is 1. The molecule has 0 saturated carbocycles. The number of amides is 1. The number of anilines is 1. The van der Waals surface area contributed by atoms with Crippen molar-refractivity contribution in [3.05, 3.63) is 65.5 Å². The van der Waals surface area contributed by atoms with E-state index in [-0.39, 0.29) is 23.3 Å². The highest BCUT2D eigenvalue weighted by molar-refractivity contribution is 5.98. The van der Waals surface area contributed by atoms with Crippen molar-refractivity contribution in [1.29, 1.82) is 0 Å². The third kappa shape index (κ3) is 6.23. The topological polar surface area (TPSA) is 49.4 Å². The number of carbonyl (C=O) groups excluding carboxylic acids is 2. The summed E-state index contributed by atoms with van der Waals surface area (Å²) in [5.41, 5.74) is 2.28. The second kappa shape index (κ2) is 10.5. The SMILES string of the molecule is CC(C)Cc1ccc(C(=O)C2CCN(CCC(=O)Nc3ccccc3F)CC2)cc1. The quantitative estimate of drug-likeness (QED) is 0.627. The van der Waals surface area contributed by atoms with E-state index in [1.807, 2.05) is 12.1 Å². The summed E-state index contributed by atoms with van der Waals surface area (Å²) in [6, 6.07) is 14.2. The Bertz CT molecular complexity index is 856. The highest BCUT2D eigenvalue weighted by Crippen LogP contribution is 2.23. The van der Waals surface area contributed by atoms with E-state index in [0.717, 1.165) is 37.9 Å². The van der Waals surface area contributed by atoms with Crippen molar-refractivity contribution in [2.24, 2.45) is 11.8 Å². The van der Waals surface area contributed by atoms with E-state index < -0.39 is 5.82 Å². The second-order valence-corrected chi connectivity index (χ2v) is 8.55. The van der Waals surface area contributed by atoms with Crippen LogP contribution in [0.25, 0.3) is 0 Å². The Morgan fingerprint density at radius 1 is 1.07 bits per heavy atom. The van der Waals surface area contributed by atoms with E-state index in [1.54, 1.807) is 18.2 Å². The van der Waals surface area contributed by atoms with E-state index in [2.05, 4.69) is 36.2 Å². The van der Waals surface area contributed by atoms with Gasteiger partial charge in [-0.2, -0.15) is 0 Å². The largest absolute Gasteiger partial charge is 0.324 e. The number of nitrogens with one attached hydrogen (secondary N) is 1. The van der Waals surface area contributed by atoms with E-state index in [9.17, 15) is 14.0 Å². The predicted octanol–water partition coefficient (Wildman–Crippen LogP) is 4.95. The number of hydrogen-bond acceptors (Lipinski definition) is 3. The van der Waals surface area contributed by atoms with Gasteiger partial charge in [0.05, 0.1) is 5.69 Å².